The molecule has 1 aliphatic rings. The van der Waals surface area contributed by atoms with Gasteiger partial charge in [-0.25, -0.2) is 9.18 Å². The van der Waals surface area contributed by atoms with Crippen LogP contribution in [-0.2, 0) is 4.74 Å². The molecule has 1 fully saturated rings. The monoisotopic (exact) mass is 231 g/mol. The Bertz CT molecular complexity index is 258. The summed E-state index contributed by atoms with van der Waals surface area (Å²) in [6.45, 7) is 8.15. The molecule has 0 bridgehead atoms. The number of ether oxygens (including phenoxy) is 1. The second-order valence-corrected chi connectivity index (χ2v) is 5.73. The zero-order valence-electron chi connectivity index (χ0n) is 10.7. The third-order valence-corrected chi connectivity index (χ3v) is 2.68. The summed E-state index contributed by atoms with van der Waals surface area (Å²) in [5.41, 5.74) is -1.63. The molecule has 4 heteroatoms. The SMILES string of the molecule is CC1(F)CCCN(C(=O)OC(C)(C)C)CC1. The van der Waals surface area contributed by atoms with Crippen LogP contribution in [-0.4, -0.2) is 35.4 Å². The number of hydrogen-bond acceptors (Lipinski definition) is 2. The van der Waals surface area contributed by atoms with E-state index in [1.54, 1.807) is 11.8 Å². The highest BCUT2D eigenvalue weighted by Gasteiger charge is 2.30. The summed E-state index contributed by atoms with van der Waals surface area (Å²) in [7, 11) is 0. The van der Waals surface area contributed by atoms with Gasteiger partial charge in [-0.15, -0.1) is 0 Å². The molecule has 0 N–H and O–H groups in total. The van der Waals surface area contributed by atoms with E-state index in [1.807, 2.05) is 20.8 Å². The minimum Gasteiger partial charge on any atom is -0.444 e. The highest BCUT2D eigenvalue weighted by atomic mass is 19.1. The van der Waals surface area contributed by atoms with Crippen LogP contribution in [0.2, 0.25) is 0 Å². The predicted molar refractivity (Wildman–Crippen MR) is 61.2 cm³/mol. The van der Waals surface area contributed by atoms with Crippen LogP contribution < -0.4 is 0 Å². The van der Waals surface area contributed by atoms with Crippen molar-refractivity contribution in [3.8, 4) is 0 Å². The number of likely N-dealkylation sites (tertiary alicyclic amines) is 1. The zero-order valence-corrected chi connectivity index (χ0v) is 10.7. The lowest BCUT2D eigenvalue weighted by Gasteiger charge is -2.26. The van der Waals surface area contributed by atoms with Crippen molar-refractivity contribution < 1.29 is 13.9 Å². The maximum atomic E-state index is 13.7. The minimum absolute atomic E-state index is 0.329. The van der Waals surface area contributed by atoms with Crippen LogP contribution in [0.25, 0.3) is 0 Å². The van der Waals surface area contributed by atoms with Gasteiger partial charge in [0.15, 0.2) is 0 Å². The molecule has 0 aromatic rings. The number of rotatable bonds is 0. The maximum absolute atomic E-state index is 13.7. The molecule has 1 aliphatic heterocycles. The van der Waals surface area contributed by atoms with Gasteiger partial charge >= 0.3 is 6.09 Å². The molecule has 0 saturated carbocycles. The third kappa shape index (κ3) is 4.37. The van der Waals surface area contributed by atoms with Crippen LogP contribution in [0.1, 0.15) is 47.0 Å². The largest absolute Gasteiger partial charge is 0.444 e. The van der Waals surface area contributed by atoms with Gasteiger partial charge in [0.2, 0.25) is 0 Å². The van der Waals surface area contributed by atoms with E-state index < -0.39 is 11.3 Å². The van der Waals surface area contributed by atoms with Gasteiger partial charge < -0.3 is 9.64 Å². The van der Waals surface area contributed by atoms with Gasteiger partial charge in [-0.3, -0.25) is 0 Å². The van der Waals surface area contributed by atoms with Crippen molar-refractivity contribution >= 4 is 6.09 Å². The Morgan fingerprint density at radius 3 is 2.50 bits per heavy atom. The van der Waals surface area contributed by atoms with Crippen molar-refractivity contribution in [3.63, 3.8) is 0 Å². The number of nitrogens with zero attached hydrogens (tertiary/aromatic N) is 1. The van der Waals surface area contributed by atoms with E-state index in [0.29, 0.717) is 32.4 Å². The van der Waals surface area contributed by atoms with Gasteiger partial charge in [0.1, 0.15) is 11.3 Å². The van der Waals surface area contributed by atoms with Crippen LogP contribution in [0, 0.1) is 0 Å². The number of halogens is 1. The van der Waals surface area contributed by atoms with Gasteiger partial charge in [-0.05, 0) is 47.0 Å². The van der Waals surface area contributed by atoms with E-state index in [-0.39, 0.29) is 6.09 Å². The second kappa shape index (κ2) is 4.60. The maximum Gasteiger partial charge on any atom is 0.410 e. The summed E-state index contributed by atoms with van der Waals surface area (Å²) in [4.78, 5) is 13.4. The van der Waals surface area contributed by atoms with Crippen LogP contribution in [0.4, 0.5) is 9.18 Å². The summed E-state index contributed by atoms with van der Waals surface area (Å²) >= 11 is 0. The molecule has 3 nitrogen and oxygen atoms in total. The van der Waals surface area contributed by atoms with E-state index >= 15 is 0 Å². The molecule has 0 aromatic heterocycles. The lowest BCUT2D eigenvalue weighted by Crippen LogP contribution is -2.37. The number of amides is 1. The summed E-state index contributed by atoms with van der Waals surface area (Å²) in [5, 5.41) is 0. The smallest absolute Gasteiger partial charge is 0.410 e. The average molecular weight is 231 g/mol. The van der Waals surface area contributed by atoms with Gasteiger partial charge in [-0.2, -0.15) is 0 Å². The van der Waals surface area contributed by atoms with Crippen molar-refractivity contribution in [2.24, 2.45) is 0 Å². The van der Waals surface area contributed by atoms with Crippen molar-refractivity contribution in [2.75, 3.05) is 13.1 Å². The fraction of sp³-hybridized carbons (Fsp3) is 0.917. The molecule has 0 radical (unpaired) electrons. The first-order valence-corrected chi connectivity index (χ1v) is 5.86. The fourth-order valence-corrected chi connectivity index (χ4v) is 1.75. The molecule has 0 aliphatic carbocycles. The molecule has 1 rings (SSSR count). The Hall–Kier alpha value is -0.800. The second-order valence-electron chi connectivity index (χ2n) is 5.73. The molecular weight excluding hydrogens is 209 g/mol. The Kier molecular flexibility index (Phi) is 3.81. The van der Waals surface area contributed by atoms with Crippen LogP contribution in [0.5, 0.6) is 0 Å². The first-order valence-electron chi connectivity index (χ1n) is 5.86. The summed E-state index contributed by atoms with van der Waals surface area (Å²) in [6.07, 6.45) is 1.29. The van der Waals surface area contributed by atoms with Gasteiger partial charge in [-0.1, -0.05) is 0 Å². The van der Waals surface area contributed by atoms with Gasteiger partial charge in [0, 0.05) is 13.1 Å². The van der Waals surface area contributed by atoms with Crippen molar-refractivity contribution in [2.45, 2.75) is 58.2 Å². The van der Waals surface area contributed by atoms with E-state index in [4.69, 9.17) is 4.74 Å². The Balaban J connectivity index is 2.52. The first-order chi connectivity index (χ1) is 7.20. The first kappa shape index (κ1) is 13.3. The van der Waals surface area contributed by atoms with Crippen molar-refractivity contribution in [1.82, 2.24) is 4.90 Å². The fourth-order valence-electron chi connectivity index (χ4n) is 1.75. The Morgan fingerprint density at radius 1 is 1.31 bits per heavy atom. The molecule has 1 heterocycles. The molecule has 94 valence electrons. The van der Waals surface area contributed by atoms with Crippen LogP contribution in [0.3, 0.4) is 0 Å². The molecule has 0 aromatic carbocycles. The minimum atomic E-state index is -1.14. The lowest BCUT2D eigenvalue weighted by molar-refractivity contribution is 0.0249. The number of carbonyl (C=O) groups is 1. The highest BCUT2D eigenvalue weighted by Crippen LogP contribution is 2.26. The van der Waals surface area contributed by atoms with E-state index in [9.17, 15) is 9.18 Å². The average Bonchev–Trinajstić information content (AvgIpc) is 2.23. The van der Waals surface area contributed by atoms with Crippen LogP contribution in [0.15, 0.2) is 0 Å². The highest BCUT2D eigenvalue weighted by molar-refractivity contribution is 5.68. The predicted octanol–water partition coefficient (Wildman–Crippen LogP) is 3.14. The molecule has 0 spiro atoms. The number of alkyl halides is 1. The standard InChI is InChI=1S/C12H22FNO2/c1-11(2,3)16-10(15)14-8-5-6-12(4,13)7-9-14/h5-9H2,1-4H3. The summed E-state index contributed by atoms with van der Waals surface area (Å²) in [5.74, 6) is 0. The van der Waals surface area contributed by atoms with Gasteiger partial charge in [0.25, 0.3) is 0 Å². The quantitative estimate of drug-likeness (QED) is 0.641. The molecule has 16 heavy (non-hydrogen) atoms. The molecular formula is C12H22FNO2. The summed E-state index contributed by atoms with van der Waals surface area (Å²) in [6, 6.07) is 0. The molecule has 1 saturated heterocycles. The summed E-state index contributed by atoms with van der Waals surface area (Å²) < 4.78 is 19.0. The van der Waals surface area contributed by atoms with E-state index in [0.717, 1.165) is 0 Å². The number of hydrogen-bond donors (Lipinski definition) is 0. The zero-order chi connectivity index (χ0) is 12.4. The van der Waals surface area contributed by atoms with Gasteiger partial charge in [0.05, 0.1) is 0 Å². The third-order valence-electron chi connectivity index (χ3n) is 2.68. The molecule has 1 atom stereocenters. The van der Waals surface area contributed by atoms with E-state index in [1.165, 1.54) is 0 Å². The van der Waals surface area contributed by atoms with E-state index in [2.05, 4.69) is 0 Å². The molecule has 1 amide bonds. The normalized spacial score (nSPS) is 27.4. The van der Waals surface area contributed by atoms with Crippen molar-refractivity contribution in [3.05, 3.63) is 0 Å². The number of carbonyl (C=O) groups excluding carboxylic acids is 1. The van der Waals surface area contributed by atoms with Crippen molar-refractivity contribution in [1.29, 1.82) is 0 Å². The Morgan fingerprint density at radius 2 is 1.94 bits per heavy atom. The van der Waals surface area contributed by atoms with Crippen LogP contribution >= 0.6 is 0 Å². The Labute approximate surface area is 96.9 Å². The molecule has 1 unspecified atom stereocenters. The lowest BCUT2D eigenvalue weighted by atomic mass is 10.0. The topological polar surface area (TPSA) is 29.5 Å².